The van der Waals surface area contributed by atoms with E-state index in [-0.39, 0.29) is 23.4 Å². The summed E-state index contributed by atoms with van der Waals surface area (Å²) in [5, 5.41) is 30.3. The molecule has 1 aliphatic heterocycles. The largest absolute Gasteiger partial charge is 0.440 e. The van der Waals surface area contributed by atoms with Gasteiger partial charge in [0.2, 0.25) is 5.88 Å². The Balaban J connectivity index is 1.90. The molecule has 0 unspecified atom stereocenters. The summed E-state index contributed by atoms with van der Waals surface area (Å²) in [6.45, 7) is -1.93. The third-order valence-electron chi connectivity index (χ3n) is 4.19. The standard InChI is InChI=1S/C16H17N3O7/c20-5-16(6-21,7-22)19-12(23)8-1-2-11-9(3-8)4-10-13(24)17-15(25)18-14(10)26-11/h1-3,20-22H,4-7H2,(H,19,23)(H2,17,18,24,25). The van der Waals surface area contributed by atoms with Crippen LogP contribution in [0.3, 0.4) is 0 Å². The molecule has 0 spiro atoms. The summed E-state index contributed by atoms with van der Waals surface area (Å²) in [7, 11) is 0. The van der Waals surface area contributed by atoms with Gasteiger partial charge in [-0.25, -0.2) is 4.79 Å². The summed E-state index contributed by atoms with van der Waals surface area (Å²) in [5.41, 5.74) is -1.84. The minimum Gasteiger partial charge on any atom is -0.440 e. The van der Waals surface area contributed by atoms with E-state index in [2.05, 4.69) is 15.3 Å². The number of nitrogens with one attached hydrogen (secondary N) is 3. The van der Waals surface area contributed by atoms with Crippen molar-refractivity contribution >= 4 is 5.91 Å². The van der Waals surface area contributed by atoms with Gasteiger partial charge in [0.15, 0.2) is 0 Å². The molecule has 0 radical (unpaired) electrons. The van der Waals surface area contributed by atoms with Crippen LogP contribution >= 0.6 is 0 Å². The number of aliphatic hydroxyl groups excluding tert-OH is 3. The first kappa shape index (κ1) is 17.9. The number of carbonyl (C=O) groups is 1. The summed E-state index contributed by atoms with van der Waals surface area (Å²) in [6, 6.07) is 4.45. The first-order valence-electron chi connectivity index (χ1n) is 7.73. The van der Waals surface area contributed by atoms with Crippen molar-refractivity contribution in [2.45, 2.75) is 12.0 Å². The zero-order valence-electron chi connectivity index (χ0n) is 13.5. The Morgan fingerprint density at radius 3 is 2.50 bits per heavy atom. The van der Waals surface area contributed by atoms with E-state index in [0.717, 1.165) is 0 Å². The van der Waals surface area contributed by atoms with Gasteiger partial charge in [0.25, 0.3) is 11.5 Å². The van der Waals surface area contributed by atoms with Crippen molar-refractivity contribution in [1.29, 1.82) is 0 Å². The first-order chi connectivity index (χ1) is 12.4. The molecule has 10 nitrogen and oxygen atoms in total. The summed E-state index contributed by atoms with van der Waals surface area (Å²) in [6.07, 6.45) is 0.142. The normalized spacial score (nSPS) is 12.7. The summed E-state index contributed by atoms with van der Waals surface area (Å²) in [5.74, 6) is -0.178. The Labute approximate surface area is 146 Å². The lowest BCUT2D eigenvalue weighted by Crippen LogP contribution is -2.57. The van der Waals surface area contributed by atoms with Gasteiger partial charge in [-0.05, 0) is 18.2 Å². The smallest absolute Gasteiger partial charge is 0.328 e. The quantitative estimate of drug-likeness (QED) is 0.311. The number of aromatic nitrogens is 2. The molecule has 138 valence electrons. The molecule has 2 heterocycles. The number of aliphatic hydroxyl groups is 3. The first-order valence-corrected chi connectivity index (χ1v) is 7.73. The van der Waals surface area contributed by atoms with E-state index >= 15 is 0 Å². The van der Waals surface area contributed by atoms with Gasteiger partial charge in [0.1, 0.15) is 11.3 Å². The van der Waals surface area contributed by atoms with E-state index in [1.165, 1.54) is 18.2 Å². The second kappa shape index (κ2) is 6.75. The molecule has 6 N–H and O–H groups in total. The molecule has 1 aromatic heterocycles. The fourth-order valence-corrected chi connectivity index (χ4v) is 2.58. The summed E-state index contributed by atoms with van der Waals surface area (Å²) in [4.78, 5) is 40.1. The number of amides is 1. The van der Waals surface area contributed by atoms with Crippen LogP contribution in [-0.4, -0.2) is 56.6 Å². The fraction of sp³-hybridized carbons (Fsp3) is 0.312. The van der Waals surface area contributed by atoms with E-state index in [0.29, 0.717) is 11.3 Å². The number of carbonyl (C=O) groups excluding carboxylic acids is 1. The van der Waals surface area contributed by atoms with E-state index in [9.17, 15) is 29.7 Å². The van der Waals surface area contributed by atoms with Crippen molar-refractivity contribution in [2.75, 3.05) is 19.8 Å². The molecule has 0 aliphatic carbocycles. The number of aromatic amines is 2. The maximum Gasteiger partial charge on any atom is 0.328 e. The highest BCUT2D eigenvalue weighted by Crippen LogP contribution is 2.33. The van der Waals surface area contributed by atoms with Crippen LogP contribution in [0.1, 0.15) is 21.5 Å². The van der Waals surface area contributed by atoms with Crippen LogP contribution in [0.2, 0.25) is 0 Å². The van der Waals surface area contributed by atoms with Gasteiger partial charge in [-0.15, -0.1) is 0 Å². The fourth-order valence-electron chi connectivity index (χ4n) is 2.58. The molecule has 0 saturated carbocycles. The molecule has 0 bridgehead atoms. The number of hydrogen-bond donors (Lipinski definition) is 6. The highest BCUT2D eigenvalue weighted by atomic mass is 16.5. The molecule has 3 rings (SSSR count). The number of fused-ring (bicyclic) bond motifs is 2. The third-order valence-corrected chi connectivity index (χ3v) is 4.19. The molecule has 1 aromatic carbocycles. The van der Waals surface area contributed by atoms with Crippen LogP contribution in [-0.2, 0) is 6.42 Å². The summed E-state index contributed by atoms with van der Waals surface area (Å²) < 4.78 is 5.51. The minimum absolute atomic E-state index is 0.0586. The number of rotatable bonds is 5. The maximum absolute atomic E-state index is 12.4. The predicted octanol–water partition coefficient (Wildman–Crippen LogP) is -1.79. The average molecular weight is 363 g/mol. The van der Waals surface area contributed by atoms with Crippen LogP contribution in [0, 0.1) is 0 Å². The predicted molar refractivity (Wildman–Crippen MR) is 88.5 cm³/mol. The number of ether oxygens (including phenoxy) is 1. The van der Waals surface area contributed by atoms with E-state index in [1.54, 1.807) is 0 Å². The van der Waals surface area contributed by atoms with Crippen molar-refractivity contribution in [3.8, 4) is 11.6 Å². The van der Waals surface area contributed by atoms with Crippen LogP contribution in [0.15, 0.2) is 27.8 Å². The molecule has 0 fully saturated rings. The topological polar surface area (TPSA) is 165 Å². The Kier molecular flexibility index (Phi) is 4.64. The van der Waals surface area contributed by atoms with Gasteiger partial charge < -0.3 is 25.4 Å². The zero-order chi connectivity index (χ0) is 18.9. The van der Waals surface area contributed by atoms with Crippen molar-refractivity contribution in [1.82, 2.24) is 15.3 Å². The monoisotopic (exact) mass is 363 g/mol. The molecule has 26 heavy (non-hydrogen) atoms. The van der Waals surface area contributed by atoms with Gasteiger partial charge in [0, 0.05) is 17.5 Å². The van der Waals surface area contributed by atoms with Gasteiger partial charge in [-0.2, -0.15) is 0 Å². The SMILES string of the molecule is O=C(NC(CO)(CO)CO)c1ccc2c(c1)Cc1c([nH]c(=O)[nH]c1=O)O2. The Morgan fingerprint density at radius 1 is 1.15 bits per heavy atom. The second-order valence-corrected chi connectivity index (χ2v) is 6.03. The molecular formula is C16H17N3O7. The molecule has 2 aromatic rings. The Morgan fingerprint density at radius 2 is 1.85 bits per heavy atom. The van der Waals surface area contributed by atoms with E-state index in [4.69, 9.17) is 4.74 Å². The zero-order valence-corrected chi connectivity index (χ0v) is 13.5. The van der Waals surface area contributed by atoms with E-state index in [1.807, 2.05) is 0 Å². The lowest BCUT2D eigenvalue weighted by molar-refractivity contribution is 0.0375. The summed E-state index contributed by atoms with van der Waals surface area (Å²) >= 11 is 0. The van der Waals surface area contributed by atoms with Crippen molar-refractivity contribution in [3.05, 3.63) is 55.7 Å². The molecule has 10 heteroatoms. The highest BCUT2D eigenvalue weighted by molar-refractivity contribution is 5.95. The van der Waals surface area contributed by atoms with Crippen molar-refractivity contribution in [2.24, 2.45) is 0 Å². The van der Waals surface area contributed by atoms with Gasteiger partial charge >= 0.3 is 5.69 Å². The third kappa shape index (κ3) is 3.12. The molecular weight excluding hydrogens is 346 g/mol. The van der Waals surface area contributed by atoms with Crippen LogP contribution in [0.4, 0.5) is 0 Å². The molecule has 0 saturated heterocycles. The van der Waals surface area contributed by atoms with Crippen molar-refractivity contribution < 1.29 is 24.9 Å². The lowest BCUT2D eigenvalue weighted by Gasteiger charge is -2.29. The molecule has 0 atom stereocenters. The number of benzene rings is 1. The molecule has 1 amide bonds. The number of H-pyrrole nitrogens is 2. The Bertz CT molecular complexity index is 951. The van der Waals surface area contributed by atoms with Gasteiger partial charge in [-0.1, -0.05) is 0 Å². The van der Waals surface area contributed by atoms with Crippen LogP contribution < -0.4 is 21.3 Å². The highest BCUT2D eigenvalue weighted by Gasteiger charge is 2.31. The average Bonchev–Trinajstić information content (AvgIpc) is 2.64. The lowest BCUT2D eigenvalue weighted by atomic mass is 9.99. The van der Waals surface area contributed by atoms with Gasteiger partial charge in [-0.3, -0.25) is 19.6 Å². The minimum atomic E-state index is -1.55. The second-order valence-electron chi connectivity index (χ2n) is 6.03. The van der Waals surface area contributed by atoms with Crippen molar-refractivity contribution in [3.63, 3.8) is 0 Å². The molecule has 1 aliphatic rings. The maximum atomic E-state index is 12.4. The van der Waals surface area contributed by atoms with E-state index < -0.39 is 42.5 Å². The van der Waals surface area contributed by atoms with Gasteiger partial charge in [0.05, 0.1) is 25.4 Å². The number of hydrogen-bond acceptors (Lipinski definition) is 7. The van der Waals surface area contributed by atoms with Crippen LogP contribution in [0.25, 0.3) is 0 Å². The Hall–Kier alpha value is -2.95. The van der Waals surface area contributed by atoms with Crippen LogP contribution in [0.5, 0.6) is 11.6 Å².